The minimum absolute atomic E-state index is 0.143. The van der Waals surface area contributed by atoms with Gasteiger partial charge in [0.1, 0.15) is 11.6 Å². The number of nitrogens with zero attached hydrogens (tertiary/aromatic N) is 1. The summed E-state index contributed by atoms with van der Waals surface area (Å²) in [5, 5.41) is 23.1. The van der Waals surface area contributed by atoms with Gasteiger partial charge >= 0.3 is 7.60 Å². The molecule has 30 heavy (non-hydrogen) atoms. The lowest BCUT2D eigenvalue weighted by Gasteiger charge is -2.20. The summed E-state index contributed by atoms with van der Waals surface area (Å²) in [5.74, 6) is 0.770. The Bertz CT molecular complexity index is 1050. The Labute approximate surface area is 176 Å². The van der Waals surface area contributed by atoms with Gasteiger partial charge in [-0.05, 0) is 49.6 Å². The number of pyridine rings is 1. The predicted octanol–water partition coefficient (Wildman–Crippen LogP) is 5.32. The molecule has 0 amide bonds. The van der Waals surface area contributed by atoms with E-state index in [1.54, 1.807) is 19.1 Å². The highest BCUT2D eigenvalue weighted by atomic mass is 31.2. The molecule has 7 nitrogen and oxygen atoms in total. The van der Waals surface area contributed by atoms with Crippen LogP contribution in [0, 0.1) is 0 Å². The Hall–Kier alpha value is -2.76. The van der Waals surface area contributed by atoms with Crippen molar-refractivity contribution in [1.82, 2.24) is 4.98 Å². The molecule has 0 aliphatic carbocycles. The molecule has 0 radical (unpaired) electrons. The highest BCUT2D eigenvalue weighted by molar-refractivity contribution is 7.54. The van der Waals surface area contributed by atoms with Gasteiger partial charge in [0.25, 0.3) is 0 Å². The van der Waals surface area contributed by atoms with Crippen LogP contribution in [0.1, 0.15) is 25.8 Å². The second-order valence-corrected chi connectivity index (χ2v) is 8.98. The van der Waals surface area contributed by atoms with Crippen LogP contribution in [0.25, 0.3) is 10.9 Å². The molecule has 0 saturated heterocycles. The van der Waals surface area contributed by atoms with E-state index in [9.17, 15) is 14.8 Å². The van der Waals surface area contributed by atoms with Crippen molar-refractivity contribution in [2.24, 2.45) is 0 Å². The van der Waals surface area contributed by atoms with Crippen molar-refractivity contribution in [3.8, 4) is 17.2 Å². The standard InChI is InChI=1S/C22H27N2O5P/c1-3-13-30(27,28-4-2)29-21-15-22(24-18-8-6-5-7-17(18)21)23-12-11-16-9-10-19(25)20(26)14-16/h5-10,14-15,25-26H,3-4,11-13H2,1-2H3,(H,23,24). The number of hydrogen-bond acceptors (Lipinski definition) is 7. The molecule has 0 saturated carbocycles. The number of para-hydroxylation sites is 1. The first-order valence-corrected chi connectivity index (χ1v) is 11.7. The molecule has 0 aliphatic heterocycles. The molecule has 2 aromatic carbocycles. The zero-order chi connectivity index (χ0) is 21.6. The molecule has 0 fully saturated rings. The second-order valence-electron chi connectivity index (χ2n) is 6.87. The molecule has 160 valence electrons. The third-order valence-corrected chi connectivity index (χ3v) is 6.62. The summed E-state index contributed by atoms with van der Waals surface area (Å²) in [6.45, 7) is 4.59. The second kappa shape index (κ2) is 9.83. The first-order chi connectivity index (χ1) is 14.4. The molecule has 0 bridgehead atoms. The Morgan fingerprint density at radius 2 is 1.87 bits per heavy atom. The Balaban J connectivity index is 1.81. The zero-order valence-corrected chi connectivity index (χ0v) is 18.1. The Morgan fingerprint density at radius 3 is 2.60 bits per heavy atom. The predicted molar refractivity (Wildman–Crippen MR) is 119 cm³/mol. The molecule has 1 unspecified atom stereocenters. The highest BCUT2D eigenvalue weighted by Crippen LogP contribution is 2.50. The summed E-state index contributed by atoms with van der Waals surface area (Å²) >= 11 is 0. The largest absolute Gasteiger partial charge is 0.504 e. The maximum absolute atomic E-state index is 13.1. The van der Waals surface area contributed by atoms with Gasteiger partial charge in [0.15, 0.2) is 11.5 Å². The first-order valence-electron chi connectivity index (χ1n) is 10.0. The van der Waals surface area contributed by atoms with Crippen molar-refractivity contribution in [3.05, 3.63) is 54.1 Å². The maximum Gasteiger partial charge on any atom is 0.379 e. The molecule has 1 atom stereocenters. The van der Waals surface area contributed by atoms with Crippen LogP contribution >= 0.6 is 7.60 Å². The van der Waals surface area contributed by atoms with E-state index in [0.29, 0.717) is 43.7 Å². The van der Waals surface area contributed by atoms with Gasteiger partial charge in [-0.3, -0.25) is 0 Å². The lowest BCUT2D eigenvalue weighted by atomic mass is 10.1. The summed E-state index contributed by atoms with van der Waals surface area (Å²) in [6, 6.07) is 14.0. The Kier molecular flexibility index (Phi) is 7.19. The molecule has 0 aliphatic rings. The van der Waals surface area contributed by atoms with Gasteiger partial charge in [-0.2, -0.15) is 0 Å². The van der Waals surface area contributed by atoms with E-state index in [-0.39, 0.29) is 11.5 Å². The number of nitrogens with one attached hydrogen (secondary N) is 1. The maximum atomic E-state index is 13.1. The van der Waals surface area contributed by atoms with Crippen LogP contribution in [0.15, 0.2) is 48.5 Å². The van der Waals surface area contributed by atoms with Crippen molar-refractivity contribution in [1.29, 1.82) is 0 Å². The molecule has 1 heterocycles. The number of aromatic hydroxyl groups is 2. The van der Waals surface area contributed by atoms with Crippen molar-refractivity contribution < 1.29 is 23.8 Å². The van der Waals surface area contributed by atoms with Gasteiger partial charge < -0.3 is 24.6 Å². The average Bonchev–Trinajstić information content (AvgIpc) is 2.71. The normalized spacial score (nSPS) is 13.1. The fourth-order valence-electron chi connectivity index (χ4n) is 3.13. The summed E-state index contributed by atoms with van der Waals surface area (Å²) < 4.78 is 24.5. The van der Waals surface area contributed by atoms with Gasteiger partial charge in [-0.25, -0.2) is 9.55 Å². The van der Waals surface area contributed by atoms with Gasteiger partial charge in [0.2, 0.25) is 0 Å². The van der Waals surface area contributed by atoms with E-state index in [2.05, 4.69) is 10.3 Å². The van der Waals surface area contributed by atoms with Crippen LogP contribution in [0.5, 0.6) is 17.2 Å². The van der Waals surface area contributed by atoms with Crippen LogP contribution < -0.4 is 9.84 Å². The number of rotatable bonds is 10. The topological polar surface area (TPSA) is 101 Å². The lowest BCUT2D eigenvalue weighted by molar-refractivity contribution is 0.279. The van der Waals surface area contributed by atoms with E-state index in [1.807, 2.05) is 31.2 Å². The van der Waals surface area contributed by atoms with Gasteiger partial charge in [0.05, 0.1) is 18.3 Å². The lowest BCUT2D eigenvalue weighted by Crippen LogP contribution is -2.07. The molecule has 3 N–H and O–H groups in total. The number of aromatic nitrogens is 1. The van der Waals surface area contributed by atoms with E-state index >= 15 is 0 Å². The molecule has 0 spiro atoms. The molecular formula is C22H27N2O5P. The minimum Gasteiger partial charge on any atom is -0.504 e. The van der Waals surface area contributed by atoms with Crippen LogP contribution in [-0.2, 0) is 15.5 Å². The smallest absolute Gasteiger partial charge is 0.379 e. The number of hydrogen-bond donors (Lipinski definition) is 3. The number of anilines is 1. The van der Waals surface area contributed by atoms with E-state index in [0.717, 1.165) is 16.5 Å². The minimum atomic E-state index is -3.26. The number of benzene rings is 2. The molecule has 1 aromatic heterocycles. The number of phenols is 2. The van der Waals surface area contributed by atoms with E-state index in [4.69, 9.17) is 9.05 Å². The highest BCUT2D eigenvalue weighted by Gasteiger charge is 2.25. The Morgan fingerprint density at radius 1 is 1.07 bits per heavy atom. The third-order valence-electron chi connectivity index (χ3n) is 4.50. The van der Waals surface area contributed by atoms with Crippen molar-refractivity contribution in [2.75, 3.05) is 24.6 Å². The zero-order valence-electron chi connectivity index (χ0n) is 17.2. The third kappa shape index (κ3) is 5.43. The molecular weight excluding hydrogens is 403 g/mol. The van der Waals surface area contributed by atoms with Crippen molar-refractivity contribution in [2.45, 2.75) is 26.7 Å². The fraction of sp³-hybridized carbons (Fsp3) is 0.318. The molecule has 3 rings (SSSR count). The number of phenolic OH excluding ortho intramolecular Hbond substituents is 2. The van der Waals surface area contributed by atoms with E-state index in [1.165, 1.54) is 12.1 Å². The van der Waals surface area contributed by atoms with Crippen molar-refractivity contribution >= 4 is 24.3 Å². The van der Waals surface area contributed by atoms with Crippen molar-refractivity contribution in [3.63, 3.8) is 0 Å². The summed E-state index contributed by atoms with van der Waals surface area (Å²) in [4.78, 5) is 4.61. The quantitative estimate of drug-likeness (QED) is 0.296. The number of fused-ring (bicyclic) bond motifs is 1. The van der Waals surface area contributed by atoms with Crippen LogP contribution in [0.2, 0.25) is 0 Å². The molecule has 8 heteroatoms. The first kappa shape index (κ1) is 21.9. The van der Waals surface area contributed by atoms with Gasteiger partial charge in [0, 0.05) is 18.0 Å². The van der Waals surface area contributed by atoms with Gasteiger partial charge in [-0.1, -0.05) is 25.1 Å². The summed E-state index contributed by atoms with van der Waals surface area (Å²) in [6.07, 6.45) is 1.64. The summed E-state index contributed by atoms with van der Waals surface area (Å²) in [5.41, 5.74) is 1.60. The van der Waals surface area contributed by atoms with Crippen LogP contribution in [0.3, 0.4) is 0 Å². The fourth-order valence-corrected chi connectivity index (χ4v) is 4.79. The summed E-state index contributed by atoms with van der Waals surface area (Å²) in [7, 11) is -3.26. The van der Waals surface area contributed by atoms with Crippen LogP contribution in [-0.4, -0.2) is 34.5 Å². The monoisotopic (exact) mass is 430 g/mol. The SMILES string of the molecule is CCCP(=O)(OCC)Oc1cc(NCCc2ccc(O)c(O)c2)nc2ccccc12. The molecule has 3 aromatic rings. The average molecular weight is 430 g/mol. The van der Waals surface area contributed by atoms with E-state index < -0.39 is 7.60 Å². The van der Waals surface area contributed by atoms with Crippen LogP contribution in [0.4, 0.5) is 5.82 Å². The van der Waals surface area contributed by atoms with Gasteiger partial charge in [-0.15, -0.1) is 0 Å².